The number of aliphatic imine (C=N–C) groups is 1. The van der Waals surface area contributed by atoms with Crippen molar-refractivity contribution in [2.75, 3.05) is 18.6 Å². The molecule has 30 heavy (non-hydrogen) atoms. The summed E-state index contributed by atoms with van der Waals surface area (Å²) in [5.74, 6) is -4.45. The van der Waals surface area contributed by atoms with Crippen LogP contribution in [0.5, 0.6) is 5.75 Å². The second kappa shape index (κ2) is 10.4. The van der Waals surface area contributed by atoms with Gasteiger partial charge in [0.2, 0.25) is 5.83 Å². The number of nitrogens with one attached hydrogen (secondary N) is 1. The number of halogens is 4. The van der Waals surface area contributed by atoms with Crippen LogP contribution in [0.1, 0.15) is 18.1 Å². The Hall–Kier alpha value is -3.36. The summed E-state index contributed by atoms with van der Waals surface area (Å²) in [5, 5.41) is 2.97. The Kier molecular flexibility index (Phi) is 7.97. The summed E-state index contributed by atoms with van der Waals surface area (Å²) in [4.78, 5) is 15.7. The van der Waals surface area contributed by atoms with Gasteiger partial charge in [-0.1, -0.05) is 0 Å². The molecule has 0 radical (unpaired) electrons. The van der Waals surface area contributed by atoms with Crippen LogP contribution >= 0.6 is 0 Å². The first kappa shape index (κ1) is 22.9. The van der Waals surface area contributed by atoms with Gasteiger partial charge >= 0.3 is 5.91 Å². The maximum Gasteiger partial charge on any atom is 0.306 e. The Balaban J connectivity index is 2.28. The second-order valence-electron chi connectivity index (χ2n) is 6.33. The highest BCUT2D eigenvalue weighted by Crippen LogP contribution is 2.26. The van der Waals surface area contributed by atoms with Crippen molar-refractivity contribution in [1.82, 2.24) is 4.90 Å². The van der Waals surface area contributed by atoms with Crippen LogP contribution in [-0.4, -0.2) is 30.8 Å². The Morgan fingerprint density at radius 1 is 1.20 bits per heavy atom. The van der Waals surface area contributed by atoms with Crippen LogP contribution in [0.25, 0.3) is 0 Å². The smallest absolute Gasteiger partial charge is 0.306 e. The fraction of sp³-hybridized carbons (Fsp3) is 0.238. The molecule has 1 N–H and O–H groups in total. The number of hydrogen-bond donors (Lipinski definition) is 1. The van der Waals surface area contributed by atoms with Gasteiger partial charge < -0.3 is 15.0 Å². The minimum absolute atomic E-state index is 0.0390. The topological polar surface area (TPSA) is 53.9 Å². The van der Waals surface area contributed by atoms with Gasteiger partial charge in [0.25, 0.3) is 0 Å². The third-order valence-corrected chi connectivity index (χ3v) is 4.00. The van der Waals surface area contributed by atoms with Gasteiger partial charge in [0.15, 0.2) is 11.6 Å². The molecule has 0 aliphatic carbocycles. The number of aryl methyl sites for hydroxylation is 1. The standard InChI is InChI=1S/C21H21F4N3O2/c1-4-30-20-9-19(13(2)5-17(20)24)27-12-28(11-18(25)21(29)26-3)10-14-6-15(22)8-16(23)7-14/h5-9,11,27H,3-4,10,12H2,1-2H3/b18-11+. The van der Waals surface area contributed by atoms with Gasteiger partial charge in [0.05, 0.1) is 13.3 Å². The largest absolute Gasteiger partial charge is 0.491 e. The van der Waals surface area contributed by atoms with E-state index in [1.165, 1.54) is 17.0 Å². The van der Waals surface area contributed by atoms with Gasteiger partial charge in [-0.15, -0.1) is 0 Å². The van der Waals surface area contributed by atoms with E-state index in [0.717, 1.165) is 18.3 Å². The van der Waals surface area contributed by atoms with Crippen LogP contribution in [0, 0.1) is 24.4 Å². The van der Waals surface area contributed by atoms with Crippen LogP contribution in [0.3, 0.4) is 0 Å². The first-order valence-corrected chi connectivity index (χ1v) is 8.97. The van der Waals surface area contributed by atoms with Gasteiger partial charge in [-0.3, -0.25) is 4.79 Å². The van der Waals surface area contributed by atoms with Crippen LogP contribution < -0.4 is 10.1 Å². The second-order valence-corrected chi connectivity index (χ2v) is 6.33. The summed E-state index contributed by atoms with van der Waals surface area (Å²) in [7, 11) is 0. The molecule has 0 atom stereocenters. The number of benzene rings is 2. The van der Waals surface area contributed by atoms with E-state index in [2.05, 4.69) is 17.0 Å². The van der Waals surface area contributed by atoms with Gasteiger partial charge in [-0.2, -0.15) is 4.39 Å². The molecule has 1 amide bonds. The Bertz CT molecular complexity index is 943. The third-order valence-electron chi connectivity index (χ3n) is 4.00. The number of carbonyl (C=O) groups is 1. The normalized spacial score (nSPS) is 11.2. The van der Waals surface area contributed by atoms with E-state index >= 15 is 0 Å². The predicted octanol–water partition coefficient (Wildman–Crippen LogP) is 4.72. The van der Waals surface area contributed by atoms with E-state index in [1.807, 2.05) is 0 Å². The number of hydrogen-bond acceptors (Lipinski definition) is 4. The molecule has 160 valence electrons. The molecule has 2 rings (SSSR count). The molecular weight excluding hydrogens is 402 g/mol. The zero-order chi connectivity index (χ0) is 22.3. The third kappa shape index (κ3) is 6.33. The number of anilines is 1. The summed E-state index contributed by atoms with van der Waals surface area (Å²) in [6, 6.07) is 5.62. The van der Waals surface area contributed by atoms with E-state index in [-0.39, 0.29) is 31.1 Å². The molecule has 0 aliphatic heterocycles. The highest BCUT2D eigenvalue weighted by molar-refractivity contribution is 5.94. The van der Waals surface area contributed by atoms with Crippen LogP contribution in [-0.2, 0) is 11.3 Å². The zero-order valence-electron chi connectivity index (χ0n) is 16.5. The molecule has 0 saturated heterocycles. The minimum Gasteiger partial charge on any atom is -0.491 e. The van der Waals surface area contributed by atoms with Crippen molar-refractivity contribution in [3.05, 3.63) is 70.9 Å². The molecule has 2 aromatic rings. The highest BCUT2D eigenvalue weighted by atomic mass is 19.1. The lowest BCUT2D eigenvalue weighted by molar-refractivity contribution is -0.115. The zero-order valence-corrected chi connectivity index (χ0v) is 16.5. The van der Waals surface area contributed by atoms with Gasteiger partial charge in [0.1, 0.15) is 11.6 Å². The monoisotopic (exact) mass is 423 g/mol. The molecule has 2 aromatic carbocycles. The number of rotatable bonds is 9. The summed E-state index contributed by atoms with van der Waals surface area (Å²) in [6.45, 7) is 6.41. The lowest BCUT2D eigenvalue weighted by atomic mass is 10.2. The molecule has 0 fully saturated rings. The lowest BCUT2D eigenvalue weighted by Crippen LogP contribution is -2.25. The molecule has 0 bridgehead atoms. The fourth-order valence-electron chi connectivity index (χ4n) is 2.67. The molecule has 9 heteroatoms. The Labute approximate surface area is 171 Å². The molecule has 0 heterocycles. The van der Waals surface area contributed by atoms with E-state index in [9.17, 15) is 22.4 Å². The summed E-state index contributed by atoms with van der Waals surface area (Å²) >= 11 is 0. The number of amides is 1. The van der Waals surface area contributed by atoms with Gasteiger partial charge in [-0.25, -0.2) is 18.2 Å². The van der Waals surface area contributed by atoms with Gasteiger partial charge in [0, 0.05) is 30.6 Å². The molecule has 0 unspecified atom stereocenters. The van der Waals surface area contributed by atoms with Crippen molar-refractivity contribution < 1.29 is 27.1 Å². The van der Waals surface area contributed by atoms with Crippen molar-refractivity contribution in [2.24, 2.45) is 4.99 Å². The predicted molar refractivity (Wildman–Crippen MR) is 106 cm³/mol. The van der Waals surface area contributed by atoms with Gasteiger partial charge in [-0.05, 0) is 49.9 Å². The molecular formula is C21H21F4N3O2. The van der Waals surface area contributed by atoms with Crippen molar-refractivity contribution in [3.8, 4) is 5.75 Å². The van der Waals surface area contributed by atoms with Crippen LogP contribution in [0.4, 0.5) is 23.2 Å². The first-order valence-electron chi connectivity index (χ1n) is 8.97. The lowest BCUT2D eigenvalue weighted by Gasteiger charge is -2.23. The average molecular weight is 423 g/mol. The SMILES string of the molecule is C=NC(=O)/C(F)=C\N(CNc1cc(OCC)c(F)cc1C)Cc1cc(F)cc(F)c1. The van der Waals surface area contributed by atoms with E-state index in [1.54, 1.807) is 13.8 Å². The molecule has 0 aliphatic rings. The fourth-order valence-corrected chi connectivity index (χ4v) is 2.67. The van der Waals surface area contributed by atoms with Crippen LogP contribution in [0.2, 0.25) is 0 Å². The van der Waals surface area contributed by atoms with Crippen molar-refractivity contribution in [2.45, 2.75) is 20.4 Å². The summed E-state index contributed by atoms with van der Waals surface area (Å²) < 4.78 is 60.2. The molecule has 5 nitrogen and oxygen atoms in total. The molecule has 0 aromatic heterocycles. The molecule has 0 saturated carbocycles. The number of ether oxygens (including phenoxy) is 1. The highest BCUT2D eigenvalue weighted by Gasteiger charge is 2.13. The maximum atomic E-state index is 14.0. The van der Waals surface area contributed by atoms with E-state index < -0.39 is 29.2 Å². The summed E-state index contributed by atoms with van der Waals surface area (Å²) in [5.41, 5.74) is 1.27. The van der Waals surface area contributed by atoms with Crippen molar-refractivity contribution >= 4 is 18.3 Å². The molecule has 0 spiro atoms. The number of carbonyl (C=O) groups excluding carboxylic acids is 1. The minimum atomic E-state index is -1.20. The first-order chi connectivity index (χ1) is 14.2. The quantitative estimate of drug-likeness (QED) is 0.274. The van der Waals surface area contributed by atoms with E-state index in [4.69, 9.17) is 4.74 Å². The Morgan fingerprint density at radius 2 is 1.87 bits per heavy atom. The van der Waals surface area contributed by atoms with Crippen LogP contribution in [0.15, 0.2) is 47.4 Å². The van der Waals surface area contributed by atoms with E-state index in [0.29, 0.717) is 17.3 Å². The maximum absolute atomic E-state index is 14.0. The van der Waals surface area contributed by atoms with Crippen molar-refractivity contribution in [1.29, 1.82) is 0 Å². The average Bonchev–Trinajstić information content (AvgIpc) is 2.67. The number of nitrogens with zero attached hydrogens (tertiary/aromatic N) is 2. The Morgan fingerprint density at radius 3 is 2.47 bits per heavy atom. The summed E-state index contributed by atoms with van der Waals surface area (Å²) in [6.07, 6.45) is 0.856. The van der Waals surface area contributed by atoms with Crippen molar-refractivity contribution in [3.63, 3.8) is 0 Å².